The summed E-state index contributed by atoms with van der Waals surface area (Å²) in [7, 11) is 5.89. The number of hydrogen-bond donors (Lipinski definition) is 1. The highest BCUT2D eigenvalue weighted by molar-refractivity contribution is 6.04. The van der Waals surface area contributed by atoms with E-state index in [0.717, 1.165) is 11.5 Å². The molecule has 33 heavy (non-hydrogen) atoms. The smallest absolute Gasteiger partial charge is 0.336 e. The lowest BCUT2D eigenvalue weighted by molar-refractivity contribution is -0.136. The largest absolute Gasteiger partial charge is 0.493 e. The van der Waals surface area contributed by atoms with E-state index >= 15 is 0 Å². The molecule has 1 aromatic heterocycles. The summed E-state index contributed by atoms with van der Waals surface area (Å²) >= 11 is 0. The molecule has 1 N–H and O–H groups in total. The molecule has 0 saturated heterocycles. The van der Waals surface area contributed by atoms with Crippen LogP contribution in [0, 0.1) is 0 Å². The normalized spacial score (nSPS) is 20.2. The number of carbonyl (C=O) groups excluding carboxylic acids is 2. The number of methoxy groups -OCH3 is 4. The zero-order valence-corrected chi connectivity index (χ0v) is 19.3. The molecule has 0 bridgehead atoms. The molecular weight excluding hydrogens is 426 g/mol. The number of nitrogens with one attached hydrogen (secondary N) is 1. The monoisotopic (exact) mass is 453 g/mol. The van der Waals surface area contributed by atoms with Crippen LogP contribution >= 0.6 is 0 Å². The van der Waals surface area contributed by atoms with Gasteiger partial charge in [-0.1, -0.05) is 6.07 Å². The van der Waals surface area contributed by atoms with Gasteiger partial charge >= 0.3 is 5.97 Å². The molecular formula is C25H27NO7. The highest BCUT2D eigenvalue weighted by Crippen LogP contribution is 2.51. The summed E-state index contributed by atoms with van der Waals surface area (Å²) in [5.41, 5.74) is 2.88. The summed E-state index contributed by atoms with van der Waals surface area (Å²) in [5, 5.41) is 3.29. The third-order valence-corrected chi connectivity index (χ3v) is 6.22. The molecule has 0 saturated carbocycles. The van der Waals surface area contributed by atoms with Crippen molar-refractivity contribution in [2.24, 2.45) is 0 Å². The van der Waals surface area contributed by atoms with E-state index in [1.54, 1.807) is 25.3 Å². The average Bonchev–Trinajstić information content (AvgIpc) is 3.36. The van der Waals surface area contributed by atoms with E-state index in [9.17, 15) is 9.59 Å². The van der Waals surface area contributed by atoms with Gasteiger partial charge < -0.3 is 28.7 Å². The van der Waals surface area contributed by atoms with Crippen LogP contribution in [0.3, 0.4) is 0 Å². The Labute approximate surface area is 192 Å². The summed E-state index contributed by atoms with van der Waals surface area (Å²) in [6.07, 6.45) is 2.45. The second-order valence-corrected chi connectivity index (χ2v) is 7.95. The van der Waals surface area contributed by atoms with Gasteiger partial charge in [0.05, 0.1) is 46.2 Å². The first-order chi connectivity index (χ1) is 15.9. The van der Waals surface area contributed by atoms with Crippen LogP contribution in [0.25, 0.3) is 0 Å². The van der Waals surface area contributed by atoms with E-state index in [1.165, 1.54) is 28.4 Å². The molecule has 0 spiro atoms. The fourth-order valence-corrected chi connectivity index (χ4v) is 4.81. The molecule has 1 aliphatic heterocycles. The molecule has 0 fully saturated rings. The van der Waals surface area contributed by atoms with E-state index in [-0.39, 0.29) is 18.1 Å². The third-order valence-electron chi connectivity index (χ3n) is 6.22. The van der Waals surface area contributed by atoms with Crippen molar-refractivity contribution in [3.8, 4) is 17.2 Å². The fourth-order valence-electron chi connectivity index (χ4n) is 4.81. The van der Waals surface area contributed by atoms with Crippen molar-refractivity contribution in [2.75, 3.05) is 28.4 Å². The van der Waals surface area contributed by atoms with Crippen LogP contribution < -0.4 is 19.5 Å². The quantitative estimate of drug-likeness (QED) is 0.659. The van der Waals surface area contributed by atoms with Crippen LogP contribution in [0.2, 0.25) is 0 Å². The predicted molar refractivity (Wildman–Crippen MR) is 119 cm³/mol. The Morgan fingerprint density at radius 3 is 2.39 bits per heavy atom. The van der Waals surface area contributed by atoms with E-state index < -0.39 is 11.9 Å². The number of allylic oxidation sites excluding steroid dienone is 3. The van der Waals surface area contributed by atoms with Gasteiger partial charge in [0, 0.05) is 34.9 Å². The van der Waals surface area contributed by atoms with Gasteiger partial charge in [0.2, 0.25) is 5.75 Å². The van der Waals surface area contributed by atoms with Gasteiger partial charge in [0.1, 0.15) is 5.76 Å². The maximum atomic E-state index is 13.5. The molecule has 2 atom stereocenters. The number of esters is 1. The predicted octanol–water partition coefficient (Wildman–Crippen LogP) is 3.84. The van der Waals surface area contributed by atoms with Gasteiger partial charge in [0.15, 0.2) is 17.3 Å². The first-order valence-corrected chi connectivity index (χ1v) is 10.6. The van der Waals surface area contributed by atoms with Crippen molar-refractivity contribution >= 4 is 11.8 Å². The van der Waals surface area contributed by atoms with Crippen LogP contribution in [-0.4, -0.2) is 40.2 Å². The van der Waals surface area contributed by atoms with E-state index in [2.05, 4.69) is 5.32 Å². The third kappa shape index (κ3) is 3.75. The van der Waals surface area contributed by atoms with Gasteiger partial charge in [-0.05, 0) is 31.5 Å². The Balaban J connectivity index is 1.92. The van der Waals surface area contributed by atoms with Crippen molar-refractivity contribution in [3.05, 3.63) is 64.4 Å². The van der Waals surface area contributed by atoms with Crippen molar-refractivity contribution in [1.29, 1.82) is 0 Å². The Morgan fingerprint density at radius 2 is 1.79 bits per heavy atom. The number of dihydropyridines is 1. The standard InChI is InChI=1S/C25H27NO7/c1-13-20(25(28)32-5)21(15-8-9-19(29-2)24(31-4)23(15)30-3)22-16(26-13)11-14(12-17(22)27)18-7-6-10-33-18/h6-10,14,21,26H,11-12H2,1-5H3. The van der Waals surface area contributed by atoms with Crippen LogP contribution in [0.15, 0.2) is 57.5 Å². The summed E-state index contributed by atoms with van der Waals surface area (Å²) in [6.45, 7) is 1.80. The van der Waals surface area contributed by atoms with E-state index in [0.29, 0.717) is 46.1 Å². The molecule has 2 heterocycles. The highest BCUT2D eigenvalue weighted by Gasteiger charge is 2.43. The summed E-state index contributed by atoms with van der Waals surface area (Å²) in [5.74, 6) is 0.664. The van der Waals surface area contributed by atoms with Crippen molar-refractivity contribution in [3.63, 3.8) is 0 Å². The Kier molecular flexibility index (Phi) is 6.18. The van der Waals surface area contributed by atoms with Gasteiger partial charge in [0.25, 0.3) is 0 Å². The minimum atomic E-state index is -0.687. The zero-order chi connectivity index (χ0) is 23.7. The first kappa shape index (κ1) is 22.5. The summed E-state index contributed by atoms with van der Waals surface area (Å²) < 4.78 is 27.3. The number of rotatable bonds is 6. The molecule has 174 valence electrons. The minimum absolute atomic E-state index is 0.0686. The topological polar surface area (TPSA) is 96.2 Å². The minimum Gasteiger partial charge on any atom is -0.493 e. The Hall–Kier alpha value is -3.68. The molecule has 2 unspecified atom stereocenters. The number of ether oxygens (including phenoxy) is 4. The summed E-state index contributed by atoms with van der Waals surface area (Å²) in [6, 6.07) is 7.23. The Morgan fingerprint density at radius 1 is 1.03 bits per heavy atom. The maximum Gasteiger partial charge on any atom is 0.336 e. The SMILES string of the molecule is COC(=O)C1=C(C)NC2=C(C(=O)CC(c3ccco3)C2)C1c1ccc(OC)c(OC)c1OC. The average molecular weight is 453 g/mol. The van der Waals surface area contributed by atoms with Crippen LogP contribution in [-0.2, 0) is 14.3 Å². The van der Waals surface area contributed by atoms with Crippen molar-refractivity contribution in [2.45, 2.75) is 31.6 Å². The molecule has 2 aromatic rings. The lowest BCUT2D eigenvalue weighted by atomic mass is 9.72. The lowest BCUT2D eigenvalue weighted by Crippen LogP contribution is -2.36. The second-order valence-electron chi connectivity index (χ2n) is 7.95. The van der Waals surface area contributed by atoms with Gasteiger partial charge in [-0.25, -0.2) is 4.79 Å². The molecule has 1 aromatic carbocycles. The number of furan rings is 1. The number of Topliss-reactive ketones (excluding diaryl/α,β-unsaturated/α-hetero) is 1. The van der Waals surface area contributed by atoms with E-state index in [1.807, 2.05) is 12.1 Å². The number of carbonyl (C=O) groups is 2. The lowest BCUT2D eigenvalue weighted by Gasteiger charge is -2.36. The second kappa shape index (κ2) is 9.05. The molecule has 1 aliphatic carbocycles. The van der Waals surface area contributed by atoms with Gasteiger partial charge in [-0.15, -0.1) is 0 Å². The highest BCUT2D eigenvalue weighted by atomic mass is 16.5. The zero-order valence-electron chi connectivity index (χ0n) is 19.3. The maximum absolute atomic E-state index is 13.5. The Bertz CT molecular complexity index is 1140. The number of ketones is 1. The van der Waals surface area contributed by atoms with Crippen LogP contribution in [0.1, 0.15) is 42.9 Å². The first-order valence-electron chi connectivity index (χ1n) is 10.6. The van der Waals surface area contributed by atoms with E-state index in [4.69, 9.17) is 23.4 Å². The number of benzene rings is 1. The van der Waals surface area contributed by atoms with Crippen molar-refractivity contribution < 1.29 is 33.0 Å². The molecule has 2 aliphatic rings. The van der Waals surface area contributed by atoms with Crippen molar-refractivity contribution in [1.82, 2.24) is 5.32 Å². The number of hydrogen-bond acceptors (Lipinski definition) is 8. The van der Waals surface area contributed by atoms with Crippen LogP contribution in [0.5, 0.6) is 17.2 Å². The molecule has 8 heteroatoms. The fraction of sp³-hybridized carbons (Fsp3) is 0.360. The van der Waals surface area contributed by atoms with Gasteiger partial charge in [-0.3, -0.25) is 4.79 Å². The molecule has 0 radical (unpaired) electrons. The van der Waals surface area contributed by atoms with Crippen LogP contribution in [0.4, 0.5) is 0 Å². The molecule has 8 nitrogen and oxygen atoms in total. The summed E-state index contributed by atoms with van der Waals surface area (Å²) in [4.78, 5) is 26.5. The molecule has 4 rings (SSSR count). The van der Waals surface area contributed by atoms with Gasteiger partial charge in [-0.2, -0.15) is 0 Å². The molecule has 0 amide bonds.